The van der Waals surface area contributed by atoms with E-state index < -0.39 is 11.6 Å². The van der Waals surface area contributed by atoms with Crippen LogP contribution < -0.4 is 5.73 Å². The zero-order valence-electron chi connectivity index (χ0n) is 9.84. The quantitative estimate of drug-likeness (QED) is 0.819. The zero-order chi connectivity index (χ0) is 12.1. The van der Waals surface area contributed by atoms with Crippen molar-refractivity contribution in [2.45, 2.75) is 32.6 Å². The summed E-state index contributed by atoms with van der Waals surface area (Å²) in [6, 6.07) is 3.72. The van der Waals surface area contributed by atoms with E-state index in [1.54, 1.807) is 0 Å². The topological polar surface area (TPSA) is 26.0 Å². The Balaban J connectivity index is 2.90. The molecule has 0 spiro atoms. The molecule has 0 fully saturated rings. The third kappa shape index (κ3) is 3.89. The van der Waals surface area contributed by atoms with Crippen molar-refractivity contribution in [3.8, 4) is 0 Å². The Morgan fingerprint density at radius 1 is 1.12 bits per heavy atom. The highest BCUT2D eigenvalue weighted by molar-refractivity contribution is 5.22. The first-order valence-electron chi connectivity index (χ1n) is 5.69. The predicted octanol–water partition coefficient (Wildman–Crippen LogP) is 3.44. The standard InChI is InChI=1S/C13H19F2N/c1-9(2)5-10(3-4-16)11-6-12(14)8-13(15)7-11/h6-10H,3-5,16H2,1-2H3. The third-order valence-electron chi connectivity index (χ3n) is 2.63. The fraction of sp³-hybridized carbons (Fsp3) is 0.538. The molecule has 0 heterocycles. The molecule has 1 aromatic rings. The Bertz CT molecular complexity index is 316. The van der Waals surface area contributed by atoms with Crippen molar-refractivity contribution in [2.24, 2.45) is 11.7 Å². The predicted molar refractivity (Wildman–Crippen MR) is 62.2 cm³/mol. The number of hydrogen-bond acceptors (Lipinski definition) is 1. The van der Waals surface area contributed by atoms with Crippen molar-refractivity contribution in [2.75, 3.05) is 6.54 Å². The minimum atomic E-state index is -0.513. The summed E-state index contributed by atoms with van der Waals surface area (Å²) < 4.78 is 26.2. The molecule has 16 heavy (non-hydrogen) atoms. The van der Waals surface area contributed by atoms with Crippen LogP contribution in [0.1, 0.15) is 38.2 Å². The van der Waals surface area contributed by atoms with Gasteiger partial charge in [0.2, 0.25) is 0 Å². The van der Waals surface area contributed by atoms with Crippen LogP contribution in [-0.4, -0.2) is 6.54 Å². The molecule has 0 saturated carbocycles. The zero-order valence-corrected chi connectivity index (χ0v) is 9.84. The second-order valence-corrected chi connectivity index (χ2v) is 4.61. The van der Waals surface area contributed by atoms with E-state index in [1.165, 1.54) is 12.1 Å². The van der Waals surface area contributed by atoms with Gasteiger partial charge >= 0.3 is 0 Å². The first-order valence-corrected chi connectivity index (χ1v) is 5.69. The van der Waals surface area contributed by atoms with Gasteiger partial charge in [-0.05, 0) is 48.9 Å². The summed E-state index contributed by atoms with van der Waals surface area (Å²) in [5, 5.41) is 0. The normalized spacial score (nSPS) is 13.1. The maximum atomic E-state index is 13.1. The lowest BCUT2D eigenvalue weighted by molar-refractivity contribution is 0.474. The second-order valence-electron chi connectivity index (χ2n) is 4.61. The van der Waals surface area contributed by atoms with Crippen LogP contribution in [0.25, 0.3) is 0 Å². The van der Waals surface area contributed by atoms with Gasteiger partial charge in [-0.25, -0.2) is 8.78 Å². The van der Waals surface area contributed by atoms with Crippen LogP contribution in [0.5, 0.6) is 0 Å². The molecule has 1 aromatic carbocycles. The molecule has 90 valence electrons. The molecule has 0 amide bonds. The number of benzene rings is 1. The van der Waals surface area contributed by atoms with E-state index in [0.717, 1.165) is 24.5 Å². The summed E-state index contributed by atoms with van der Waals surface area (Å²) in [6.07, 6.45) is 1.67. The van der Waals surface area contributed by atoms with Crippen molar-refractivity contribution in [3.63, 3.8) is 0 Å². The maximum Gasteiger partial charge on any atom is 0.126 e. The van der Waals surface area contributed by atoms with Gasteiger partial charge in [0, 0.05) is 6.07 Å². The van der Waals surface area contributed by atoms with Gasteiger partial charge in [0.05, 0.1) is 0 Å². The Morgan fingerprint density at radius 2 is 1.69 bits per heavy atom. The molecule has 0 bridgehead atoms. The Kier molecular flexibility index (Phi) is 4.87. The lowest BCUT2D eigenvalue weighted by Gasteiger charge is -2.19. The van der Waals surface area contributed by atoms with Gasteiger partial charge in [-0.3, -0.25) is 0 Å². The van der Waals surface area contributed by atoms with E-state index in [0.29, 0.717) is 12.5 Å². The molecule has 1 nitrogen and oxygen atoms in total. The van der Waals surface area contributed by atoms with Gasteiger partial charge in [-0.1, -0.05) is 13.8 Å². The van der Waals surface area contributed by atoms with E-state index in [-0.39, 0.29) is 5.92 Å². The van der Waals surface area contributed by atoms with Gasteiger partial charge in [0.15, 0.2) is 0 Å². The minimum absolute atomic E-state index is 0.148. The molecule has 0 aliphatic carbocycles. The van der Waals surface area contributed by atoms with Gasteiger partial charge < -0.3 is 5.73 Å². The van der Waals surface area contributed by atoms with E-state index in [4.69, 9.17) is 5.73 Å². The Morgan fingerprint density at radius 3 is 2.12 bits per heavy atom. The lowest BCUT2D eigenvalue weighted by atomic mass is 9.88. The summed E-state index contributed by atoms with van der Waals surface area (Å²) >= 11 is 0. The molecule has 2 N–H and O–H groups in total. The van der Waals surface area contributed by atoms with Crippen molar-refractivity contribution >= 4 is 0 Å². The molecule has 0 saturated heterocycles. The van der Waals surface area contributed by atoms with Crippen molar-refractivity contribution in [1.82, 2.24) is 0 Å². The fourth-order valence-electron chi connectivity index (χ4n) is 2.00. The van der Waals surface area contributed by atoms with Crippen molar-refractivity contribution in [3.05, 3.63) is 35.4 Å². The third-order valence-corrected chi connectivity index (χ3v) is 2.63. The smallest absolute Gasteiger partial charge is 0.126 e. The van der Waals surface area contributed by atoms with Crippen LogP contribution in [0.15, 0.2) is 18.2 Å². The Labute approximate surface area is 95.7 Å². The van der Waals surface area contributed by atoms with E-state index in [1.807, 2.05) is 0 Å². The largest absolute Gasteiger partial charge is 0.330 e. The molecule has 0 radical (unpaired) electrons. The molecule has 1 rings (SSSR count). The van der Waals surface area contributed by atoms with E-state index in [9.17, 15) is 8.78 Å². The van der Waals surface area contributed by atoms with Crippen LogP contribution in [0.3, 0.4) is 0 Å². The monoisotopic (exact) mass is 227 g/mol. The van der Waals surface area contributed by atoms with Crippen molar-refractivity contribution in [1.29, 1.82) is 0 Å². The number of nitrogens with two attached hydrogens (primary N) is 1. The van der Waals surface area contributed by atoms with Crippen molar-refractivity contribution < 1.29 is 8.78 Å². The highest BCUT2D eigenvalue weighted by Gasteiger charge is 2.14. The Hall–Kier alpha value is -0.960. The van der Waals surface area contributed by atoms with Crippen LogP contribution in [0.4, 0.5) is 8.78 Å². The number of hydrogen-bond donors (Lipinski definition) is 1. The van der Waals surface area contributed by atoms with Gasteiger partial charge in [-0.15, -0.1) is 0 Å². The molecule has 1 unspecified atom stereocenters. The fourth-order valence-corrected chi connectivity index (χ4v) is 2.00. The molecular weight excluding hydrogens is 208 g/mol. The van der Waals surface area contributed by atoms with Gasteiger partial charge in [-0.2, -0.15) is 0 Å². The summed E-state index contributed by atoms with van der Waals surface area (Å²) in [7, 11) is 0. The van der Waals surface area contributed by atoms with E-state index >= 15 is 0 Å². The molecule has 0 aromatic heterocycles. The molecular formula is C13H19F2N. The SMILES string of the molecule is CC(C)CC(CCN)c1cc(F)cc(F)c1. The molecule has 0 aliphatic rings. The minimum Gasteiger partial charge on any atom is -0.330 e. The average molecular weight is 227 g/mol. The van der Waals surface area contributed by atoms with Crippen LogP contribution in [0.2, 0.25) is 0 Å². The summed E-state index contributed by atoms with van der Waals surface area (Å²) in [5.41, 5.74) is 6.25. The molecule has 1 atom stereocenters. The van der Waals surface area contributed by atoms with Gasteiger partial charge in [0.1, 0.15) is 11.6 Å². The van der Waals surface area contributed by atoms with Gasteiger partial charge in [0.25, 0.3) is 0 Å². The highest BCUT2D eigenvalue weighted by atomic mass is 19.1. The van der Waals surface area contributed by atoms with E-state index in [2.05, 4.69) is 13.8 Å². The lowest BCUT2D eigenvalue weighted by Crippen LogP contribution is -2.10. The number of rotatable bonds is 5. The highest BCUT2D eigenvalue weighted by Crippen LogP contribution is 2.27. The van der Waals surface area contributed by atoms with Crippen LogP contribution >= 0.6 is 0 Å². The number of halogens is 2. The first-order chi connectivity index (χ1) is 7.52. The summed E-state index contributed by atoms with van der Waals surface area (Å²) in [5.74, 6) is -0.389. The summed E-state index contributed by atoms with van der Waals surface area (Å²) in [6.45, 7) is 4.73. The second kappa shape index (κ2) is 5.94. The average Bonchev–Trinajstić information content (AvgIpc) is 2.14. The molecule has 0 aliphatic heterocycles. The molecule has 3 heteroatoms. The first kappa shape index (κ1) is 13.1. The maximum absolute atomic E-state index is 13.1. The summed E-state index contributed by atoms with van der Waals surface area (Å²) in [4.78, 5) is 0. The van der Waals surface area contributed by atoms with Crippen LogP contribution in [-0.2, 0) is 0 Å². The van der Waals surface area contributed by atoms with Crippen LogP contribution in [0, 0.1) is 17.6 Å².